The van der Waals surface area contributed by atoms with E-state index in [2.05, 4.69) is 25.8 Å². The molecule has 0 fully saturated rings. The van der Waals surface area contributed by atoms with Gasteiger partial charge in [-0.2, -0.15) is 5.10 Å². The number of carboxylic acids is 1. The number of carbonyl (C=O) groups excluding carboxylic acids is 1. The molecule has 98 valence electrons. The summed E-state index contributed by atoms with van der Waals surface area (Å²) in [7, 11) is 0. The van der Waals surface area contributed by atoms with Gasteiger partial charge in [-0.15, -0.1) is 5.10 Å². The molecular formula is C10H15N5O3. The van der Waals surface area contributed by atoms with Gasteiger partial charge >= 0.3 is 12.0 Å². The minimum absolute atomic E-state index is 0.0173. The Morgan fingerprint density at radius 1 is 1.39 bits per heavy atom. The molecular weight excluding hydrogens is 238 g/mol. The van der Waals surface area contributed by atoms with E-state index in [9.17, 15) is 9.59 Å². The van der Waals surface area contributed by atoms with Crippen LogP contribution in [0.2, 0.25) is 0 Å². The number of carbonyl (C=O) groups is 2. The molecule has 0 bridgehead atoms. The summed E-state index contributed by atoms with van der Waals surface area (Å²) in [5.41, 5.74) is 0. The summed E-state index contributed by atoms with van der Waals surface area (Å²) in [6.07, 6.45) is 3.07. The Morgan fingerprint density at radius 2 is 2.11 bits per heavy atom. The Kier molecular flexibility index (Phi) is 4.97. The first-order valence-electron chi connectivity index (χ1n) is 5.43. The van der Waals surface area contributed by atoms with E-state index in [1.807, 2.05) is 13.8 Å². The fraction of sp³-hybridized carbons (Fsp3) is 0.500. The van der Waals surface area contributed by atoms with Crippen molar-refractivity contribution < 1.29 is 14.7 Å². The normalized spacial score (nSPS) is 11.9. The monoisotopic (exact) mass is 253 g/mol. The molecule has 1 atom stereocenters. The van der Waals surface area contributed by atoms with Crippen molar-refractivity contribution in [1.29, 1.82) is 0 Å². The van der Waals surface area contributed by atoms with Gasteiger partial charge in [0.15, 0.2) is 0 Å². The van der Waals surface area contributed by atoms with Gasteiger partial charge in [-0.25, -0.2) is 14.6 Å². The number of amides is 2. The molecule has 1 aromatic heterocycles. The van der Waals surface area contributed by atoms with E-state index in [1.54, 1.807) is 0 Å². The fourth-order valence-corrected chi connectivity index (χ4v) is 1.29. The van der Waals surface area contributed by atoms with Crippen LogP contribution in [-0.4, -0.2) is 38.3 Å². The van der Waals surface area contributed by atoms with Gasteiger partial charge in [0.25, 0.3) is 5.95 Å². The van der Waals surface area contributed by atoms with E-state index in [-0.39, 0.29) is 11.9 Å². The highest BCUT2D eigenvalue weighted by Crippen LogP contribution is 2.05. The number of urea groups is 1. The number of aromatic nitrogens is 3. The number of nitrogens with one attached hydrogen (secondary N) is 2. The molecule has 1 heterocycles. The zero-order valence-electron chi connectivity index (χ0n) is 10.1. The second-order valence-corrected chi connectivity index (χ2v) is 4.09. The number of aliphatic carboxylic acids is 1. The van der Waals surface area contributed by atoms with E-state index >= 15 is 0 Å². The first kappa shape index (κ1) is 13.8. The average Bonchev–Trinajstić information content (AvgIpc) is 2.28. The molecule has 18 heavy (non-hydrogen) atoms. The molecule has 0 aromatic carbocycles. The molecule has 0 unspecified atom stereocenters. The maximum atomic E-state index is 11.5. The van der Waals surface area contributed by atoms with E-state index in [0.717, 1.165) is 0 Å². The van der Waals surface area contributed by atoms with Crippen molar-refractivity contribution in [3.8, 4) is 0 Å². The summed E-state index contributed by atoms with van der Waals surface area (Å²) in [4.78, 5) is 26.2. The van der Waals surface area contributed by atoms with Crippen LogP contribution in [0.15, 0.2) is 12.4 Å². The number of nitrogens with zero attached hydrogens (tertiary/aromatic N) is 3. The van der Waals surface area contributed by atoms with Crippen LogP contribution in [0.3, 0.4) is 0 Å². The largest absolute Gasteiger partial charge is 0.480 e. The van der Waals surface area contributed by atoms with Gasteiger partial charge in [0, 0.05) is 0 Å². The standard InChI is InChI=1S/C10H15N5O3/c1-6(2)5-7(8(16)17)13-10(18)14-9-11-3-4-12-15-9/h3-4,6-7H,5H2,1-2H3,(H,16,17)(H2,11,13,14,15,18)/t7-/m0/s1. The molecule has 0 radical (unpaired) electrons. The smallest absolute Gasteiger partial charge is 0.326 e. The highest BCUT2D eigenvalue weighted by atomic mass is 16.4. The summed E-state index contributed by atoms with van der Waals surface area (Å²) in [5, 5.41) is 20.7. The summed E-state index contributed by atoms with van der Waals surface area (Å²) < 4.78 is 0. The highest BCUT2D eigenvalue weighted by Gasteiger charge is 2.21. The molecule has 0 aliphatic rings. The van der Waals surface area contributed by atoms with Gasteiger partial charge in [-0.3, -0.25) is 5.32 Å². The van der Waals surface area contributed by atoms with Crippen molar-refractivity contribution in [3.05, 3.63) is 12.4 Å². The van der Waals surface area contributed by atoms with Gasteiger partial charge in [0.2, 0.25) is 0 Å². The number of hydrogen-bond acceptors (Lipinski definition) is 5. The zero-order valence-corrected chi connectivity index (χ0v) is 10.1. The minimum atomic E-state index is -1.08. The Morgan fingerprint density at radius 3 is 2.61 bits per heavy atom. The number of anilines is 1. The Labute approximate surface area is 104 Å². The second-order valence-electron chi connectivity index (χ2n) is 4.09. The minimum Gasteiger partial charge on any atom is -0.480 e. The van der Waals surface area contributed by atoms with Crippen molar-refractivity contribution in [2.45, 2.75) is 26.3 Å². The molecule has 0 aliphatic heterocycles. The third-order valence-corrected chi connectivity index (χ3v) is 2.02. The lowest BCUT2D eigenvalue weighted by Gasteiger charge is -2.16. The lowest BCUT2D eigenvalue weighted by atomic mass is 10.0. The van der Waals surface area contributed by atoms with E-state index < -0.39 is 18.0 Å². The first-order chi connectivity index (χ1) is 8.49. The van der Waals surface area contributed by atoms with Crippen molar-refractivity contribution >= 4 is 17.9 Å². The van der Waals surface area contributed by atoms with Gasteiger partial charge in [-0.05, 0) is 12.3 Å². The average molecular weight is 253 g/mol. The van der Waals surface area contributed by atoms with Crippen molar-refractivity contribution in [1.82, 2.24) is 20.5 Å². The van der Waals surface area contributed by atoms with Crippen molar-refractivity contribution in [2.75, 3.05) is 5.32 Å². The van der Waals surface area contributed by atoms with Crippen molar-refractivity contribution in [2.24, 2.45) is 5.92 Å². The molecule has 3 N–H and O–H groups in total. The second kappa shape index (κ2) is 6.48. The predicted octanol–water partition coefficient (Wildman–Crippen LogP) is 0.492. The fourth-order valence-electron chi connectivity index (χ4n) is 1.29. The molecule has 0 saturated heterocycles. The molecule has 8 heteroatoms. The maximum absolute atomic E-state index is 11.5. The number of rotatable bonds is 5. The third-order valence-electron chi connectivity index (χ3n) is 2.02. The van der Waals surface area contributed by atoms with Crippen LogP contribution >= 0.6 is 0 Å². The SMILES string of the molecule is CC(C)C[C@H](NC(=O)Nc1nccnn1)C(=O)O. The summed E-state index contributed by atoms with van der Waals surface area (Å²) in [6.45, 7) is 3.75. The Bertz CT molecular complexity index is 409. The molecule has 2 amide bonds. The topological polar surface area (TPSA) is 117 Å². The molecule has 0 aliphatic carbocycles. The molecule has 0 spiro atoms. The summed E-state index contributed by atoms with van der Waals surface area (Å²) in [5.74, 6) is -0.907. The molecule has 8 nitrogen and oxygen atoms in total. The van der Waals surface area contributed by atoms with Crippen LogP contribution < -0.4 is 10.6 Å². The number of carboxylic acid groups (broad SMARTS) is 1. The van der Waals surface area contributed by atoms with Crippen LogP contribution in [0, 0.1) is 5.92 Å². The quantitative estimate of drug-likeness (QED) is 0.703. The zero-order chi connectivity index (χ0) is 13.5. The third kappa shape index (κ3) is 4.73. The van der Waals surface area contributed by atoms with Crippen LogP contribution in [0.5, 0.6) is 0 Å². The van der Waals surface area contributed by atoms with Gasteiger partial charge < -0.3 is 10.4 Å². The molecule has 1 aromatic rings. The van der Waals surface area contributed by atoms with Gasteiger partial charge in [0.05, 0.1) is 12.4 Å². The van der Waals surface area contributed by atoms with Gasteiger partial charge in [0.1, 0.15) is 6.04 Å². The molecule has 0 saturated carbocycles. The summed E-state index contributed by atoms with van der Waals surface area (Å²) >= 11 is 0. The lowest BCUT2D eigenvalue weighted by Crippen LogP contribution is -2.44. The molecule has 1 rings (SSSR count). The Balaban J connectivity index is 2.54. The van der Waals surface area contributed by atoms with E-state index in [4.69, 9.17) is 5.11 Å². The number of hydrogen-bond donors (Lipinski definition) is 3. The van der Waals surface area contributed by atoms with Crippen LogP contribution in [-0.2, 0) is 4.79 Å². The van der Waals surface area contributed by atoms with E-state index in [1.165, 1.54) is 12.4 Å². The van der Waals surface area contributed by atoms with Crippen molar-refractivity contribution in [3.63, 3.8) is 0 Å². The van der Waals surface area contributed by atoms with Gasteiger partial charge in [-0.1, -0.05) is 13.8 Å². The summed E-state index contributed by atoms with van der Waals surface area (Å²) in [6, 6.07) is -1.61. The predicted molar refractivity (Wildman–Crippen MR) is 62.9 cm³/mol. The van der Waals surface area contributed by atoms with Crippen LogP contribution in [0.25, 0.3) is 0 Å². The maximum Gasteiger partial charge on any atom is 0.326 e. The lowest BCUT2D eigenvalue weighted by molar-refractivity contribution is -0.139. The van der Waals surface area contributed by atoms with Crippen LogP contribution in [0.4, 0.5) is 10.7 Å². The van der Waals surface area contributed by atoms with Crippen LogP contribution in [0.1, 0.15) is 20.3 Å². The Hall–Kier alpha value is -2.25. The highest BCUT2D eigenvalue weighted by molar-refractivity contribution is 5.90. The first-order valence-corrected chi connectivity index (χ1v) is 5.43. The van der Waals surface area contributed by atoms with E-state index in [0.29, 0.717) is 6.42 Å².